The summed E-state index contributed by atoms with van der Waals surface area (Å²) in [5, 5.41) is 2.78. The minimum Gasteiger partial charge on any atom is -0.494 e. The molecule has 0 spiro atoms. The molecular formula is C21H28N2O4S. The van der Waals surface area contributed by atoms with Crippen LogP contribution >= 0.6 is 0 Å². The molecule has 1 amide bonds. The maximum Gasteiger partial charge on any atom is 0.242 e. The predicted octanol–water partition coefficient (Wildman–Crippen LogP) is 3.73. The summed E-state index contributed by atoms with van der Waals surface area (Å²) < 4.78 is 33.3. The van der Waals surface area contributed by atoms with E-state index in [9.17, 15) is 13.2 Å². The lowest BCUT2D eigenvalue weighted by molar-refractivity contribution is -0.118. The number of nitrogens with one attached hydrogen (secondary N) is 2. The quantitative estimate of drug-likeness (QED) is 0.667. The molecule has 2 rings (SSSR count). The van der Waals surface area contributed by atoms with Crippen LogP contribution in [0, 0.1) is 12.8 Å². The molecule has 0 radical (unpaired) electrons. The summed E-state index contributed by atoms with van der Waals surface area (Å²) in [7, 11) is -3.80. The zero-order valence-electron chi connectivity index (χ0n) is 16.7. The average molecular weight is 405 g/mol. The van der Waals surface area contributed by atoms with Crippen LogP contribution in [0.25, 0.3) is 0 Å². The molecule has 0 aliphatic rings. The Balaban J connectivity index is 2.15. The number of hydrogen-bond donors (Lipinski definition) is 2. The van der Waals surface area contributed by atoms with Crippen LogP contribution in [0.5, 0.6) is 5.75 Å². The molecule has 152 valence electrons. The van der Waals surface area contributed by atoms with Gasteiger partial charge in [-0.2, -0.15) is 4.72 Å². The van der Waals surface area contributed by atoms with E-state index in [4.69, 9.17) is 4.74 Å². The van der Waals surface area contributed by atoms with Crippen molar-refractivity contribution in [3.63, 3.8) is 0 Å². The Labute approximate surface area is 167 Å². The first-order valence-electron chi connectivity index (χ1n) is 9.34. The molecule has 0 fully saturated rings. The summed E-state index contributed by atoms with van der Waals surface area (Å²) in [4.78, 5) is 12.9. The summed E-state index contributed by atoms with van der Waals surface area (Å²) in [5.41, 5.74) is 1.54. The van der Waals surface area contributed by atoms with E-state index >= 15 is 0 Å². The molecule has 0 bridgehead atoms. The summed E-state index contributed by atoms with van der Waals surface area (Å²) in [6.45, 7) is 8.22. The van der Waals surface area contributed by atoms with Gasteiger partial charge in [-0.05, 0) is 62.6 Å². The Bertz CT molecular complexity index is 876. The topological polar surface area (TPSA) is 84.5 Å². The second-order valence-electron chi connectivity index (χ2n) is 7.06. The number of carbonyl (C=O) groups excluding carboxylic acids is 1. The molecule has 7 heteroatoms. The van der Waals surface area contributed by atoms with Crippen molar-refractivity contribution in [3.8, 4) is 5.75 Å². The molecule has 2 aromatic carbocycles. The lowest BCUT2D eigenvalue weighted by Gasteiger charge is -2.20. The second-order valence-corrected chi connectivity index (χ2v) is 8.78. The summed E-state index contributed by atoms with van der Waals surface area (Å²) >= 11 is 0. The fraction of sp³-hybridized carbons (Fsp3) is 0.381. The lowest BCUT2D eigenvalue weighted by atomic mass is 10.0. The lowest BCUT2D eigenvalue weighted by Crippen LogP contribution is -2.44. The highest BCUT2D eigenvalue weighted by Crippen LogP contribution is 2.18. The van der Waals surface area contributed by atoms with E-state index in [1.54, 1.807) is 36.4 Å². The zero-order valence-corrected chi connectivity index (χ0v) is 17.5. The van der Waals surface area contributed by atoms with E-state index in [0.29, 0.717) is 24.5 Å². The third kappa shape index (κ3) is 6.35. The number of sulfonamides is 1. The molecule has 1 atom stereocenters. The van der Waals surface area contributed by atoms with Crippen molar-refractivity contribution in [1.82, 2.24) is 4.72 Å². The van der Waals surface area contributed by atoms with Crippen LogP contribution in [0.2, 0.25) is 0 Å². The van der Waals surface area contributed by atoms with Gasteiger partial charge in [0.05, 0.1) is 11.5 Å². The van der Waals surface area contributed by atoms with Gasteiger partial charge in [-0.15, -0.1) is 0 Å². The van der Waals surface area contributed by atoms with Gasteiger partial charge in [0.25, 0.3) is 0 Å². The Morgan fingerprint density at radius 1 is 1.04 bits per heavy atom. The van der Waals surface area contributed by atoms with E-state index in [0.717, 1.165) is 5.56 Å². The molecule has 6 nitrogen and oxygen atoms in total. The number of benzene rings is 2. The second kappa shape index (κ2) is 9.71. The van der Waals surface area contributed by atoms with Gasteiger partial charge in [0, 0.05) is 5.69 Å². The summed E-state index contributed by atoms with van der Waals surface area (Å²) in [6.07, 6.45) is 0.383. The number of ether oxygens (including phenoxy) is 1. The smallest absolute Gasteiger partial charge is 0.242 e. The van der Waals surface area contributed by atoms with Gasteiger partial charge >= 0.3 is 0 Å². The number of anilines is 1. The Morgan fingerprint density at radius 3 is 2.18 bits per heavy atom. The van der Waals surface area contributed by atoms with Gasteiger partial charge in [0.1, 0.15) is 11.8 Å². The molecular weight excluding hydrogens is 376 g/mol. The Morgan fingerprint density at radius 2 is 1.64 bits per heavy atom. The summed E-state index contributed by atoms with van der Waals surface area (Å²) in [6, 6.07) is 12.6. The SMILES string of the molecule is CCOc1ccc(NC(=O)[C@H](CC(C)C)NS(=O)(=O)c2ccc(C)cc2)cc1. The molecule has 0 aliphatic carbocycles. The van der Waals surface area contributed by atoms with Gasteiger partial charge in [0.2, 0.25) is 15.9 Å². The average Bonchev–Trinajstić information content (AvgIpc) is 2.63. The first-order chi connectivity index (χ1) is 13.2. The largest absolute Gasteiger partial charge is 0.494 e. The molecule has 0 unspecified atom stereocenters. The Hall–Kier alpha value is -2.38. The molecule has 0 saturated heterocycles. The highest BCUT2D eigenvalue weighted by molar-refractivity contribution is 7.89. The van der Waals surface area contributed by atoms with E-state index in [2.05, 4.69) is 10.0 Å². The molecule has 0 saturated carbocycles. The minimum atomic E-state index is -3.80. The number of hydrogen-bond acceptors (Lipinski definition) is 4. The normalized spacial score (nSPS) is 12.6. The van der Waals surface area contributed by atoms with Crippen LogP contribution in [-0.4, -0.2) is 27.0 Å². The van der Waals surface area contributed by atoms with Gasteiger partial charge < -0.3 is 10.1 Å². The van der Waals surface area contributed by atoms with Crippen molar-refractivity contribution >= 4 is 21.6 Å². The van der Waals surface area contributed by atoms with E-state index in [1.165, 1.54) is 12.1 Å². The van der Waals surface area contributed by atoms with Crippen LogP contribution in [0.15, 0.2) is 53.4 Å². The predicted molar refractivity (Wildman–Crippen MR) is 111 cm³/mol. The standard InChI is InChI=1S/C21H28N2O4S/c1-5-27-18-10-8-17(9-11-18)22-21(24)20(14-15(2)3)23-28(25,26)19-12-6-16(4)7-13-19/h6-13,15,20,23H,5,14H2,1-4H3,(H,22,24)/t20-/m0/s1. The van der Waals surface area contributed by atoms with Gasteiger partial charge in [-0.25, -0.2) is 8.42 Å². The Kier molecular flexibility index (Phi) is 7.60. The molecule has 0 aliphatic heterocycles. The zero-order chi connectivity index (χ0) is 20.7. The fourth-order valence-electron chi connectivity index (χ4n) is 2.68. The highest BCUT2D eigenvalue weighted by atomic mass is 32.2. The number of carbonyl (C=O) groups is 1. The van der Waals surface area contributed by atoms with Crippen LogP contribution in [0.4, 0.5) is 5.69 Å². The van der Waals surface area contributed by atoms with Crippen molar-refractivity contribution in [2.45, 2.75) is 45.1 Å². The van der Waals surface area contributed by atoms with Gasteiger partial charge in [-0.1, -0.05) is 31.5 Å². The van der Waals surface area contributed by atoms with Crippen molar-refractivity contribution < 1.29 is 17.9 Å². The molecule has 28 heavy (non-hydrogen) atoms. The van der Waals surface area contributed by atoms with E-state index in [-0.39, 0.29) is 10.8 Å². The van der Waals surface area contributed by atoms with Crippen LogP contribution < -0.4 is 14.8 Å². The van der Waals surface area contributed by atoms with Crippen LogP contribution in [-0.2, 0) is 14.8 Å². The molecule has 2 N–H and O–H groups in total. The van der Waals surface area contributed by atoms with E-state index < -0.39 is 22.0 Å². The van der Waals surface area contributed by atoms with Crippen molar-refractivity contribution in [2.24, 2.45) is 5.92 Å². The molecule has 0 heterocycles. The highest BCUT2D eigenvalue weighted by Gasteiger charge is 2.26. The van der Waals surface area contributed by atoms with Crippen molar-refractivity contribution in [1.29, 1.82) is 0 Å². The third-order valence-electron chi connectivity index (χ3n) is 4.09. The van der Waals surface area contributed by atoms with Gasteiger partial charge in [0.15, 0.2) is 0 Å². The maximum absolute atomic E-state index is 12.8. The van der Waals surface area contributed by atoms with Gasteiger partial charge in [-0.3, -0.25) is 4.79 Å². The molecule has 2 aromatic rings. The number of aryl methyl sites for hydroxylation is 1. The maximum atomic E-state index is 12.8. The summed E-state index contributed by atoms with van der Waals surface area (Å²) in [5.74, 6) is 0.449. The first kappa shape index (κ1) is 21.9. The monoisotopic (exact) mass is 404 g/mol. The van der Waals surface area contributed by atoms with Crippen molar-refractivity contribution in [3.05, 3.63) is 54.1 Å². The number of rotatable bonds is 9. The fourth-order valence-corrected chi connectivity index (χ4v) is 3.89. The van der Waals surface area contributed by atoms with Crippen LogP contribution in [0.1, 0.15) is 32.8 Å². The van der Waals surface area contributed by atoms with Crippen molar-refractivity contribution in [2.75, 3.05) is 11.9 Å². The molecule has 0 aromatic heterocycles. The first-order valence-corrected chi connectivity index (χ1v) is 10.8. The third-order valence-corrected chi connectivity index (χ3v) is 5.57. The van der Waals surface area contributed by atoms with Crippen LogP contribution in [0.3, 0.4) is 0 Å². The van der Waals surface area contributed by atoms with E-state index in [1.807, 2.05) is 27.7 Å². The minimum absolute atomic E-state index is 0.136. The number of amides is 1.